The molecule has 1 unspecified atom stereocenters. The molecule has 2 nitrogen and oxygen atoms in total. The molecule has 1 atom stereocenters. The summed E-state index contributed by atoms with van der Waals surface area (Å²) in [5.74, 6) is -2.22. The van der Waals surface area contributed by atoms with Gasteiger partial charge in [0.05, 0.1) is 6.04 Å². The van der Waals surface area contributed by atoms with Gasteiger partial charge in [0.25, 0.3) is 0 Å². The van der Waals surface area contributed by atoms with Crippen molar-refractivity contribution in [2.75, 3.05) is 19.6 Å². The number of rotatable bonds is 4. The lowest BCUT2D eigenvalue weighted by Gasteiger charge is -2.37. The molecule has 1 saturated heterocycles. The minimum Gasteiger partial charge on any atom is -0.329 e. The van der Waals surface area contributed by atoms with E-state index < -0.39 is 17.5 Å². The van der Waals surface area contributed by atoms with Gasteiger partial charge in [0.2, 0.25) is 0 Å². The molecule has 0 saturated carbocycles. The van der Waals surface area contributed by atoms with Crippen molar-refractivity contribution in [1.29, 1.82) is 0 Å². The summed E-state index contributed by atoms with van der Waals surface area (Å²) in [6, 6.07) is 1.16. The number of nitrogens with two attached hydrogens (primary N) is 1. The topological polar surface area (TPSA) is 29.3 Å². The van der Waals surface area contributed by atoms with E-state index in [4.69, 9.17) is 5.73 Å². The maximum absolute atomic E-state index is 13.9. The second-order valence-electron chi connectivity index (χ2n) is 5.43. The highest BCUT2D eigenvalue weighted by atomic mass is 19.2. The first kappa shape index (κ1) is 15.3. The van der Waals surface area contributed by atoms with E-state index in [9.17, 15) is 13.2 Å². The molecule has 0 amide bonds. The third-order valence-corrected chi connectivity index (χ3v) is 4.29. The maximum atomic E-state index is 13.9. The Bertz CT molecular complexity index is 457. The molecule has 2 rings (SSSR count). The van der Waals surface area contributed by atoms with Crippen LogP contribution < -0.4 is 5.73 Å². The first-order valence-electron chi connectivity index (χ1n) is 7.15. The largest absolute Gasteiger partial charge is 0.329 e. The van der Waals surface area contributed by atoms with Gasteiger partial charge in [-0.15, -0.1) is 0 Å². The molecule has 1 aromatic carbocycles. The number of nitrogens with zero attached hydrogens (tertiary/aromatic N) is 1. The summed E-state index contributed by atoms with van der Waals surface area (Å²) in [5, 5.41) is 0. The summed E-state index contributed by atoms with van der Waals surface area (Å²) in [5.41, 5.74) is 5.89. The standard InChI is InChI=1S/C15H21F3N2/c1-2-10-3-5-20(6-4-10)15(9-19)11-7-13(17)14(18)8-12(11)16/h7-8,10,15H,2-6,9,19H2,1H3. The molecule has 0 radical (unpaired) electrons. The number of halogens is 3. The average molecular weight is 286 g/mol. The van der Waals surface area contributed by atoms with Crippen molar-refractivity contribution in [1.82, 2.24) is 4.90 Å². The highest BCUT2D eigenvalue weighted by molar-refractivity contribution is 5.24. The second-order valence-corrected chi connectivity index (χ2v) is 5.43. The molecule has 1 fully saturated rings. The van der Waals surface area contributed by atoms with Crippen LogP contribution in [0, 0.1) is 23.4 Å². The zero-order valence-corrected chi connectivity index (χ0v) is 11.7. The lowest BCUT2D eigenvalue weighted by Crippen LogP contribution is -2.40. The number of likely N-dealkylation sites (tertiary alicyclic amines) is 1. The van der Waals surface area contributed by atoms with Gasteiger partial charge in [-0.3, -0.25) is 4.90 Å². The van der Waals surface area contributed by atoms with Gasteiger partial charge in [-0.05, 0) is 37.9 Å². The van der Waals surface area contributed by atoms with Crippen molar-refractivity contribution in [3.63, 3.8) is 0 Å². The Labute approximate surface area is 117 Å². The van der Waals surface area contributed by atoms with Crippen LogP contribution in [0.1, 0.15) is 37.8 Å². The zero-order chi connectivity index (χ0) is 14.7. The molecule has 20 heavy (non-hydrogen) atoms. The van der Waals surface area contributed by atoms with E-state index in [2.05, 4.69) is 11.8 Å². The average Bonchev–Trinajstić information content (AvgIpc) is 2.46. The molecule has 5 heteroatoms. The van der Waals surface area contributed by atoms with Crippen LogP contribution >= 0.6 is 0 Å². The Balaban J connectivity index is 2.18. The Morgan fingerprint density at radius 1 is 1.15 bits per heavy atom. The summed E-state index contributed by atoms with van der Waals surface area (Å²) in [6.45, 7) is 3.99. The molecule has 0 aliphatic carbocycles. The predicted octanol–water partition coefficient (Wildman–Crippen LogP) is 3.23. The molecule has 0 aromatic heterocycles. The first-order valence-corrected chi connectivity index (χ1v) is 7.15. The normalized spacial score (nSPS) is 19.2. The van der Waals surface area contributed by atoms with Gasteiger partial charge in [-0.1, -0.05) is 13.3 Å². The fourth-order valence-corrected chi connectivity index (χ4v) is 2.94. The van der Waals surface area contributed by atoms with E-state index in [-0.39, 0.29) is 18.2 Å². The minimum absolute atomic E-state index is 0.154. The molecule has 1 aliphatic heterocycles. The van der Waals surface area contributed by atoms with Crippen LogP contribution in [-0.4, -0.2) is 24.5 Å². The highest BCUT2D eigenvalue weighted by Gasteiger charge is 2.27. The van der Waals surface area contributed by atoms with Gasteiger partial charge < -0.3 is 5.73 Å². The Morgan fingerprint density at radius 3 is 2.30 bits per heavy atom. The second kappa shape index (κ2) is 6.59. The third-order valence-electron chi connectivity index (χ3n) is 4.29. The number of hydrogen-bond donors (Lipinski definition) is 1. The predicted molar refractivity (Wildman–Crippen MR) is 72.7 cm³/mol. The van der Waals surface area contributed by atoms with Crippen molar-refractivity contribution in [2.45, 2.75) is 32.2 Å². The Kier molecular flexibility index (Phi) is 5.05. The van der Waals surface area contributed by atoms with Gasteiger partial charge in [0.1, 0.15) is 5.82 Å². The highest BCUT2D eigenvalue weighted by Crippen LogP contribution is 2.29. The van der Waals surface area contributed by atoms with Crippen LogP contribution in [0.25, 0.3) is 0 Å². The van der Waals surface area contributed by atoms with Gasteiger partial charge in [0, 0.05) is 18.2 Å². The fourth-order valence-electron chi connectivity index (χ4n) is 2.94. The molecular weight excluding hydrogens is 265 g/mol. The van der Waals surface area contributed by atoms with Gasteiger partial charge in [-0.25, -0.2) is 13.2 Å². The quantitative estimate of drug-likeness (QED) is 0.861. The first-order chi connectivity index (χ1) is 9.56. The fraction of sp³-hybridized carbons (Fsp3) is 0.600. The summed E-state index contributed by atoms with van der Waals surface area (Å²) >= 11 is 0. The third kappa shape index (κ3) is 3.15. The Morgan fingerprint density at radius 2 is 1.75 bits per heavy atom. The van der Waals surface area contributed by atoms with Crippen molar-refractivity contribution < 1.29 is 13.2 Å². The molecule has 2 N–H and O–H groups in total. The summed E-state index contributed by atoms with van der Waals surface area (Å²) in [6.07, 6.45) is 3.22. The van der Waals surface area contributed by atoms with Crippen LogP contribution in [0.5, 0.6) is 0 Å². The lowest BCUT2D eigenvalue weighted by atomic mass is 9.92. The van der Waals surface area contributed by atoms with Crippen LogP contribution in [0.3, 0.4) is 0 Å². The van der Waals surface area contributed by atoms with E-state index in [1.54, 1.807) is 0 Å². The van der Waals surface area contributed by atoms with Crippen LogP contribution in [0.15, 0.2) is 12.1 Å². The van der Waals surface area contributed by atoms with E-state index in [1.165, 1.54) is 0 Å². The smallest absolute Gasteiger partial charge is 0.161 e. The number of hydrogen-bond acceptors (Lipinski definition) is 2. The van der Waals surface area contributed by atoms with Gasteiger partial charge >= 0.3 is 0 Å². The van der Waals surface area contributed by atoms with Gasteiger partial charge in [0.15, 0.2) is 11.6 Å². The monoisotopic (exact) mass is 286 g/mol. The molecule has 1 aliphatic rings. The zero-order valence-electron chi connectivity index (χ0n) is 11.7. The molecular formula is C15H21F3N2. The van der Waals surface area contributed by atoms with E-state index in [1.807, 2.05) is 0 Å². The van der Waals surface area contributed by atoms with Crippen LogP contribution in [0.4, 0.5) is 13.2 Å². The Hall–Kier alpha value is -1.07. The van der Waals surface area contributed by atoms with E-state index in [0.29, 0.717) is 12.0 Å². The van der Waals surface area contributed by atoms with Crippen molar-refractivity contribution in [3.8, 4) is 0 Å². The van der Waals surface area contributed by atoms with Crippen LogP contribution in [0.2, 0.25) is 0 Å². The van der Waals surface area contributed by atoms with Crippen molar-refractivity contribution in [2.24, 2.45) is 11.7 Å². The lowest BCUT2D eigenvalue weighted by molar-refractivity contribution is 0.131. The summed E-state index contributed by atoms with van der Waals surface area (Å²) in [7, 11) is 0. The van der Waals surface area contributed by atoms with Crippen molar-refractivity contribution in [3.05, 3.63) is 35.1 Å². The number of piperidine rings is 1. The molecule has 1 aromatic rings. The maximum Gasteiger partial charge on any atom is 0.161 e. The van der Waals surface area contributed by atoms with E-state index >= 15 is 0 Å². The SMILES string of the molecule is CCC1CCN(C(CN)c2cc(F)c(F)cc2F)CC1. The molecule has 112 valence electrons. The van der Waals surface area contributed by atoms with E-state index in [0.717, 1.165) is 38.4 Å². The summed E-state index contributed by atoms with van der Waals surface area (Å²) < 4.78 is 40.2. The van der Waals surface area contributed by atoms with Crippen molar-refractivity contribution >= 4 is 0 Å². The number of benzene rings is 1. The van der Waals surface area contributed by atoms with Crippen LogP contribution in [-0.2, 0) is 0 Å². The molecule has 0 spiro atoms. The van der Waals surface area contributed by atoms with Gasteiger partial charge in [-0.2, -0.15) is 0 Å². The summed E-state index contributed by atoms with van der Waals surface area (Å²) in [4.78, 5) is 2.07. The molecule has 0 bridgehead atoms. The minimum atomic E-state index is -1.16. The molecule has 1 heterocycles.